The Hall–Kier alpha value is -2.02. The first-order valence-corrected chi connectivity index (χ1v) is 12.0. The highest BCUT2D eigenvalue weighted by atomic mass is 32.2. The second kappa shape index (κ2) is 7.91. The van der Waals surface area contributed by atoms with Gasteiger partial charge in [-0.3, -0.25) is 4.79 Å². The van der Waals surface area contributed by atoms with Gasteiger partial charge in [-0.1, -0.05) is 54.4 Å². The van der Waals surface area contributed by atoms with Gasteiger partial charge in [-0.25, -0.2) is 8.42 Å². The smallest absolute Gasteiger partial charge is 0.245 e. The van der Waals surface area contributed by atoms with Gasteiger partial charge in [0.15, 0.2) is 0 Å². The molecule has 6 heteroatoms. The van der Waals surface area contributed by atoms with Gasteiger partial charge in [0, 0.05) is 6.42 Å². The molecule has 1 saturated carbocycles. The molecule has 1 aliphatic heterocycles. The highest BCUT2D eigenvalue weighted by Gasteiger charge is 2.57. The van der Waals surface area contributed by atoms with Gasteiger partial charge in [0.05, 0.1) is 16.4 Å². The number of carbonyl (C=O) groups is 1. The standard InChI is InChI=1S/C24H29NO4S/c1-17-12-14-20(15-13-17)30(27,28)25-18(2)22(19-9-5-4-6-10-19)29-23(25)24(3)16-8-7-11-21(24)26/h4-6,9-10,12-15,18,22-23H,7-8,11,16H2,1-3H3. The van der Waals surface area contributed by atoms with E-state index in [-0.39, 0.29) is 10.7 Å². The van der Waals surface area contributed by atoms with Gasteiger partial charge >= 0.3 is 0 Å². The third kappa shape index (κ3) is 3.51. The Balaban J connectivity index is 1.81. The number of Topliss-reactive ketones (excluding diaryl/α,β-unsaturated/α-hetero) is 1. The molecule has 4 unspecified atom stereocenters. The Morgan fingerprint density at radius 3 is 2.33 bits per heavy atom. The number of ketones is 1. The van der Waals surface area contributed by atoms with Crippen LogP contribution in [0.3, 0.4) is 0 Å². The van der Waals surface area contributed by atoms with Crippen LogP contribution in [0.25, 0.3) is 0 Å². The number of aryl methyl sites for hydroxylation is 1. The van der Waals surface area contributed by atoms with Crippen molar-refractivity contribution < 1.29 is 17.9 Å². The van der Waals surface area contributed by atoms with Crippen LogP contribution in [-0.4, -0.2) is 30.8 Å². The Kier molecular flexibility index (Phi) is 5.60. The molecule has 1 saturated heterocycles. The minimum atomic E-state index is -3.85. The predicted octanol–water partition coefficient (Wildman–Crippen LogP) is 4.62. The van der Waals surface area contributed by atoms with Crippen LogP contribution in [-0.2, 0) is 19.6 Å². The van der Waals surface area contributed by atoms with E-state index in [4.69, 9.17) is 4.74 Å². The van der Waals surface area contributed by atoms with Crippen molar-refractivity contribution in [3.8, 4) is 0 Å². The lowest BCUT2D eigenvalue weighted by Gasteiger charge is -2.40. The van der Waals surface area contributed by atoms with E-state index in [1.165, 1.54) is 4.31 Å². The predicted molar refractivity (Wildman–Crippen MR) is 115 cm³/mol. The summed E-state index contributed by atoms with van der Waals surface area (Å²) in [6.07, 6.45) is 1.60. The van der Waals surface area contributed by atoms with Crippen molar-refractivity contribution in [3.63, 3.8) is 0 Å². The molecule has 5 nitrogen and oxygen atoms in total. The maximum Gasteiger partial charge on any atom is 0.245 e. The number of rotatable bonds is 4. The van der Waals surface area contributed by atoms with E-state index in [2.05, 4.69) is 0 Å². The maximum atomic E-state index is 13.8. The van der Waals surface area contributed by atoms with Gasteiger partial charge < -0.3 is 4.74 Å². The van der Waals surface area contributed by atoms with E-state index in [1.54, 1.807) is 24.3 Å². The van der Waals surface area contributed by atoms with Crippen LogP contribution < -0.4 is 0 Å². The number of sulfonamides is 1. The number of carbonyl (C=O) groups excluding carboxylic acids is 1. The molecule has 1 aliphatic carbocycles. The molecule has 2 aromatic rings. The summed E-state index contributed by atoms with van der Waals surface area (Å²) in [6.45, 7) is 5.67. The summed E-state index contributed by atoms with van der Waals surface area (Å²) in [4.78, 5) is 13.2. The molecule has 2 aromatic carbocycles. The van der Waals surface area contributed by atoms with Crippen LogP contribution in [0.2, 0.25) is 0 Å². The topological polar surface area (TPSA) is 63.7 Å². The minimum Gasteiger partial charge on any atom is -0.351 e. The summed E-state index contributed by atoms with van der Waals surface area (Å²) in [5.41, 5.74) is 1.06. The molecule has 1 heterocycles. The van der Waals surface area contributed by atoms with Crippen LogP contribution in [0, 0.1) is 12.3 Å². The fourth-order valence-corrected chi connectivity index (χ4v) is 6.54. The lowest BCUT2D eigenvalue weighted by molar-refractivity contribution is -0.145. The number of nitrogens with zero attached hydrogens (tertiary/aromatic N) is 1. The molecule has 2 fully saturated rings. The van der Waals surface area contributed by atoms with Crippen LogP contribution in [0.5, 0.6) is 0 Å². The van der Waals surface area contributed by atoms with Crippen molar-refractivity contribution in [2.45, 2.75) is 69.7 Å². The first kappa shape index (κ1) is 21.2. The monoisotopic (exact) mass is 427 g/mol. The van der Waals surface area contributed by atoms with Crippen molar-refractivity contribution in [3.05, 3.63) is 65.7 Å². The van der Waals surface area contributed by atoms with Crippen molar-refractivity contribution in [1.82, 2.24) is 4.31 Å². The summed E-state index contributed by atoms with van der Waals surface area (Å²) in [6, 6.07) is 16.1. The molecular formula is C24H29NO4S. The molecule has 0 N–H and O–H groups in total. The van der Waals surface area contributed by atoms with Gasteiger partial charge in [-0.15, -0.1) is 0 Å². The fraction of sp³-hybridized carbons (Fsp3) is 0.458. The molecule has 2 aliphatic rings. The molecule has 4 rings (SSSR count). The molecule has 0 bridgehead atoms. The molecule has 160 valence electrons. The third-order valence-electron chi connectivity index (χ3n) is 6.60. The van der Waals surface area contributed by atoms with Crippen LogP contribution in [0.1, 0.15) is 56.8 Å². The van der Waals surface area contributed by atoms with Gasteiger partial charge in [-0.05, 0) is 51.3 Å². The van der Waals surface area contributed by atoms with Gasteiger partial charge in [0.1, 0.15) is 18.1 Å². The first-order valence-electron chi connectivity index (χ1n) is 10.6. The summed E-state index contributed by atoms with van der Waals surface area (Å²) >= 11 is 0. The summed E-state index contributed by atoms with van der Waals surface area (Å²) < 4.78 is 35.4. The highest BCUT2D eigenvalue weighted by molar-refractivity contribution is 7.89. The number of hydrogen-bond acceptors (Lipinski definition) is 4. The van der Waals surface area contributed by atoms with Crippen LogP contribution in [0.15, 0.2) is 59.5 Å². The molecular weight excluding hydrogens is 398 g/mol. The Bertz CT molecular complexity index is 1020. The molecule has 0 spiro atoms. The van der Waals surface area contributed by atoms with Gasteiger partial charge in [-0.2, -0.15) is 4.31 Å². The third-order valence-corrected chi connectivity index (χ3v) is 8.55. The lowest BCUT2D eigenvalue weighted by atomic mass is 9.73. The summed E-state index contributed by atoms with van der Waals surface area (Å²) in [5, 5.41) is 0. The maximum absolute atomic E-state index is 13.8. The second-order valence-electron chi connectivity index (χ2n) is 8.76. The van der Waals surface area contributed by atoms with E-state index in [0.29, 0.717) is 12.8 Å². The highest BCUT2D eigenvalue weighted by Crippen LogP contribution is 2.48. The van der Waals surface area contributed by atoms with E-state index < -0.39 is 33.8 Å². The van der Waals surface area contributed by atoms with Crippen LogP contribution >= 0.6 is 0 Å². The largest absolute Gasteiger partial charge is 0.351 e. The zero-order chi connectivity index (χ0) is 21.5. The zero-order valence-electron chi connectivity index (χ0n) is 17.7. The van der Waals surface area contributed by atoms with Gasteiger partial charge in [0.2, 0.25) is 10.0 Å². The van der Waals surface area contributed by atoms with Crippen molar-refractivity contribution >= 4 is 15.8 Å². The van der Waals surface area contributed by atoms with E-state index >= 15 is 0 Å². The van der Waals surface area contributed by atoms with Gasteiger partial charge in [0.25, 0.3) is 0 Å². The SMILES string of the molecule is Cc1ccc(S(=O)(=O)N2C(C)C(c3ccccc3)OC2C2(C)CCCCC2=O)cc1. The number of benzene rings is 2. The first-order chi connectivity index (χ1) is 14.2. The Labute approximate surface area is 179 Å². The minimum absolute atomic E-state index is 0.0868. The Morgan fingerprint density at radius 1 is 1.03 bits per heavy atom. The lowest BCUT2D eigenvalue weighted by Crippen LogP contribution is -2.52. The quantitative estimate of drug-likeness (QED) is 0.714. The van der Waals surface area contributed by atoms with Crippen molar-refractivity contribution in [1.29, 1.82) is 0 Å². The molecule has 4 atom stereocenters. The number of hydrogen-bond donors (Lipinski definition) is 0. The second-order valence-corrected chi connectivity index (χ2v) is 10.6. The summed E-state index contributed by atoms with van der Waals surface area (Å²) in [7, 11) is -3.85. The average molecular weight is 428 g/mol. The molecule has 30 heavy (non-hydrogen) atoms. The normalized spacial score (nSPS) is 30.5. The van der Waals surface area contributed by atoms with Crippen molar-refractivity contribution in [2.24, 2.45) is 5.41 Å². The average Bonchev–Trinajstić information content (AvgIpc) is 3.10. The molecule has 0 aromatic heterocycles. The van der Waals surface area contributed by atoms with E-state index in [0.717, 1.165) is 24.0 Å². The Morgan fingerprint density at radius 2 is 1.70 bits per heavy atom. The fourth-order valence-electron chi connectivity index (χ4n) is 4.73. The van der Waals surface area contributed by atoms with E-state index in [1.807, 2.05) is 51.1 Å². The molecule has 0 radical (unpaired) electrons. The van der Waals surface area contributed by atoms with Crippen LogP contribution in [0.4, 0.5) is 0 Å². The van der Waals surface area contributed by atoms with Crippen molar-refractivity contribution in [2.75, 3.05) is 0 Å². The molecule has 0 amide bonds. The van der Waals surface area contributed by atoms with E-state index in [9.17, 15) is 13.2 Å². The zero-order valence-corrected chi connectivity index (χ0v) is 18.6. The summed E-state index contributed by atoms with van der Waals surface area (Å²) in [5.74, 6) is 0.0868. The number of ether oxygens (including phenoxy) is 1.